The van der Waals surface area contributed by atoms with E-state index < -0.39 is 0 Å². The Kier molecular flexibility index (Phi) is 3.26. The Hall–Kier alpha value is -0.900. The molecule has 1 aliphatic rings. The van der Waals surface area contributed by atoms with Gasteiger partial charge < -0.3 is 14.3 Å². The summed E-state index contributed by atoms with van der Waals surface area (Å²) < 4.78 is 9.70. The molecule has 1 saturated carbocycles. The summed E-state index contributed by atoms with van der Waals surface area (Å²) in [7, 11) is 1.54. The Balaban J connectivity index is 2.37. The summed E-state index contributed by atoms with van der Waals surface area (Å²) in [6.45, 7) is 4.45. The lowest BCUT2D eigenvalue weighted by atomic mass is 10.1. The number of rotatable bonds is 5. The van der Waals surface area contributed by atoms with E-state index in [0.717, 1.165) is 6.29 Å². The van der Waals surface area contributed by atoms with Crippen molar-refractivity contribution in [2.24, 2.45) is 17.3 Å². The molecule has 0 aromatic carbocycles. The summed E-state index contributed by atoms with van der Waals surface area (Å²) in [5, 5.41) is 0. The number of hydrogen-bond acceptors (Lipinski definition) is 4. The lowest BCUT2D eigenvalue weighted by Gasteiger charge is -2.04. The zero-order chi connectivity index (χ0) is 10.8. The van der Waals surface area contributed by atoms with Gasteiger partial charge in [-0.2, -0.15) is 0 Å². The normalized spacial score (nSPS) is 28.2. The predicted molar refractivity (Wildman–Crippen MR) is 49.7 cm³/mol. The number of carbonyl (C=O) groups excluding carboxylic acids is 2. The van der Waals surface area contributed by atoms with Crippen LogP contribution in [0.2, 0.25) is 0 Å². The average molecular weight is 200 g/mol. The molecule has 0 radical (unpaired) electrons. The van der Waals surface area contributed by atoms with Crippen LogP contribution >= 0.6 is 0 Å². The third kappa shape index (κ3) is 1.95. The lowest BCUT2D eigenvalue weighted by Crippen LogP contribution is -2.14. The number of hydrogen-bond donors (Lipinski definition) is 0. The van der Waals surface area contributed by atoms with Crippen molar-refractivity contribution in [3.8, 4) is 0 Å². The lowest BCUT2D eigenvalue weighted by molar-refractivity contribution is -0.147. The van der Waals surface area contributed by atoms with Crippen LogP contribution in [0.4, 0.5) is 0 Å². The molecule has 0 heterocycles. The van der Waals surface area contributed by atoms with Crippen molar-refractivity contribution in [2.75, 3.05) is 20.3 Å². The Bertz CT molecular complexity index is 234. The molecule has 14 heavy (non-hydrogen) atoms. The second kappa shape index (κ2) is 4.09. The fraction of sp³-hybridized carbons (Fsp3) is 0.800. The monoisotopic (exact) mass is 200 g/mol. The van der Waals surface area contributed by atoms with Gasteiger partial charge in [0.05, 0.1) is 12.5 Å². The van der Waals surface area contributed by atoms with Gasteiger partial charge in [0, 0.05) is 13.0 Å². The zero-order valence-corrected chi connectivity index (χ0v) is 8.78. The van der Waals surface area contributed by atoms with E-state index in [-0.39, 0.29) is 29.8 Å². The highest BCUT2D eigenvalue weighted by Crippen LogP contribution is 2.57. The molecule has 2 unspecified atom stereocenters. The molecule has 1 aliphatic carbocycles. The Morgan fingerprint density at radius 1 is 1.43 bits per heavy atom. The number of esters is 1. The topological polar surface area (TPSA) is 52.6 Å². The summed E-state index contributed by atoms with van der Waals surface area (Å²) in [6.07, 6.45) is 0.836. The van der Waals surface area contributed by atoms with Crippen LogP contribution in [0.25, 0.3) is 0 Å². The van der Waals surface area contributed by atoms with Gasteiger partial charge in [0.25, 0.3) is 0 Å². The quantitative estimate of drug-likeness (QED) is 0.371. The van der Waals surface area contributed by atoms with E-state index in [2.05, 4.69) is 0 Å². The van der Waals surface area contributed by atoms with E-state index >= 15 is 0 Å². The molecule has 1 fully saturated rings. The second-order valence-corrected chi connectivity index (χ2v) is 4.12. The van der Waals surface area contributed by atoms with Crippen molar-refractivity contribution in [3.05, 3.63) is 0 Å². The van der Waals surface area contributed by atoms with Gasteiger partial charge in [-0.05, 0) is 5.41 Å². The maximum Gasteiger partial charge on any atom is 0.310 e. The predicted octanol–water partition coefficient (Wildman–Crippen LogP) is 0.647. The van der Waals surface area contributed by atoms with Crippen LogP contribution in [0.1, 0.15) is 13.8 Å². The van der Waals surface area contributed by atoms with Gasteiger partial charge in [0.1, 0.15) is 12.9 Å². The molecule has 1 rings (SSSR count). The summed E-state index contributed by atoms with van der Waals surface area (Å²) in [5.74, 6) is -0.737. The maximum atomic E-state index is 11.4. The number of ether oxygens (including phenoxy) is 2. The highest BCUT2D eigenvalue weighted by Gasteiger charge is 2.62. The first kappa shape index (κ1) is 11.2. The molecular weight excluding hydrogens is 184 g/mol. The number of carbonyl (C=O) groups is 2. The fourth-order valence-electron chi connectivity index (χ4n) is 1.70. The first-order chi connectivity index (χ1) is 6.55. The zero-order valence-electron chi connectivity index (χ0n) is 8.78. The Morgan fingerprint density at radius 3 is 2.50 bits per heavy atom. The molecular formula is C10H16O4. The number of aldehydes is 1. The minimum Gasteiger partial charge on any atom is -0.463 e. The summed E-state index contributed by atoms with van der Waals surface area (Å²) >= 11 is 0. The molecule has 80 valence electrons. The van der Waals surface area contributed by atoms with Gasteiger partial charge in [0.15, 0.2) is 0 Å². The van der Waals surface area contributed by atoms with Crippen LogP contribution < -0.4 is 0 Å². The van der Waals surface area contributed by atoms with Gasteiger partial charge in [-0.1, -0.05) is 13.8 Å². The van der Waals surface area contributed by atoms with E-state index in [1.165, 1.54) is 0 Å². The van der Waals surface area contributed by atoms with Gasteiger partial charge in [-0.25, -0.2) is 0 Å². The molecule has 4 nitrogen and oxygen atoms in total. The largest absolute Gasteiger partial charge is 0.463 e. The van der Waals surface area contributed by atoms with Crippen LogP contribution in [0, 0.1) is 17.3 Å². The molecule has 0 aromatic rings. The SMILES string of the molecule is COCCOC(=O)C1C(C=O)C1(C)C. The average Bonchev–Trinajstić information content (AvgIpc) is 2.68. The first-order valence-corrected chi connectivity index (χ1v) is 4.66. The van der Waals surface area contributed by atoms with E-state index in [4.69, 9.17) is 9.47 Å². The van der Waals surface area contributed by atoms with E-state index in [1.54, 1.807) is 7.11 Å². The first-order valence-electron chi connectivity index (χ1n) is 4.66. The van der Waals surface area contributed by atoms with Crippen molar-refractivity contribution < 1.29 is 19.1 Å². The van der Waals surface area contributed by atoms with Gasteiger partial charge in [0.2, 0.25) is 0 Å². The molecule has 0 N–H and O–H groups in total. The van der Waals surface area contributed by atoms with Crippen LogP contribution in [0.3, 0.4) is 0 Å². The highest BCUT2D eigenvalue weighted by atomic mass is 16.6. The molecule has 0 amide bonds. The minimum atomic E-state index is -0.288. The van der Waals surface area contributed by atoms with Crippen molar-refractivity contribution >= 4 is 12.3 Å². The third-order valence-corrected chi connectivity index (χ3v) is 2.84. The summed E-state index contributed by atoms with van der Waals surface area (Å²) in [6, 6.07) is 0. The molecule has 0 spiro atoms. The van der Waals surface area contributed by atoms with Crippen LogP contribution in [-0.4, -0.2) is 32.6 Å². The van der Waals surface area contributed by atoms with Crippen LogP contribution in [0.5, 0.6) is 0 Å². The molecule has 4 heteroatoms. The summed E-state index contributed by atoms with van der Waals surface area (Å²) in [5.41, 5.74) is -0.230. The van der Waals surface area contributed by atoms with Crippen molar-refractivity contribution in [1.82, 2.24) is 0 Å². The fourth-order valence-corrected chi connectivity index (χ4v) is 1.70. The van der Waals surface area contributed by atoms with Gasteiger partial charge in [-0.3, -0.25) is 4.79 Å². The highest BCUT2D eigenvalue weighted by molar-refractivity contribution is 5.84. The maximum absolute atomic E-state index is 11.4. The van der Waals surface area contributed by atoms with Crippen molar-refractivity contribution in [2.45, 2.75) is 13.8 Å². The summed E-state index contributed by atoms with van der Waals surface area (Å²) in [4.78, 5) is 22.0. The van der Waals surface area contributed by atoms with Crippen molar-refractivity contribution in [1.29, 1.82) is 0 Å². The van der Waals surface area contributed by atoms with E-state index in [0.29, 0.717) is 6.61 Å². The smallest absolute Gasteiger partial charge is 0.310 e. The second-order valence-electron chi connectivity index (χ2n) is 4.12. The molecule has 0 aliphatic heterocycles. The third-order valence-electron chi connectivity index (χ3n) is 2.84. The molecule has 0 bridgehead atoms. The molecule has 2 atom stereocenters. The van der Waals surface area contributed by atoms with Gasteiger partial charge >= 0.3 is 5.97 Å². The standard InChI is InChI=1S/C10H16O4/c1-10(2)7(6-11)8(10)9(12)14-5-4-13-3/h6-8H,4-5H2,1-3H3. The van der Waals surface area contributed by atoms with Gasteiger partial charge in [-0.15, -0.1) is 0 Å². The Morgan fingerprint density at radius 2 is 2.07 bits per heavy atom. The van der Waals surface area contributed by atoms with E-state index in [1.807, 2.05) is 13.8 Å². The van der Waals surface area contributed by atoms with Crippen LogP contribution in [-0.2, 0) is 19.1 Å². The van der Waals surface area contributed by atoms with Crippen molar-refractivity contribution in [3.63, 3.8) is 0 Å². The Labute approximate surface area is 83.6 Å². The minimum absolute atomic E-state index is 0.183. The van der Waals surface area contributed by atoms with Crippen LogP contribution in [0.15, 0.2) is 0 Å². The molecule has 0 saturated heterocycles. The number of methoxy groups -OCH3 is 1. The molecule has 0 aromatic heterocycles. The van der Waals surface area contributed by atoms with E-state index in [9.17, 15) is 9.59 Å².